The van der Waals surface area contributed by atoms with Crippen molar-refractivity contribution in [1.29, 1.82) is 0 Å². The quantitative estimate of drug-likeness (QED) is 0.673. The average molecular weight is 228 g/mol. The Bertz CT molecular complexity index is 175. The van der Waals surface area contributed by atoms with Crippen LogP contribution in [0.15, 0.2) is 0 Å². The zero-order chi connectivity index (χ0) is 11.8. The largest absolute Gasteiger partial charge is 0.378 e. The third-order valence-corrected chi connectivity index (χ3v) is 3.46. The molecule has 1 heterocycles. The van der Waals surface area contributed by atoms with Gasteiger partial charge in [0.25, 0.3) is 0 Å². The fourth-order valence-electron chi connectivity index (χ4n) is 2.33. The summed E-state index contributed by atoms with van der Waals surface area (Å²) in [6.07, 6.45) is 3.75. The Morgan fingerprint density at radius 2 is 2.25 bits per heavy atom. The highest BCUT2D eigenvalue weighted by molar-refractivity contribution is 4.79. The fraction of sp³-hybridized carbons (Fsp3) is 1.00. The molecule has 1 saturated heterocycles. The highest BCUT2D eigenvalue weighted by Crippen LogP contribution is 2.13. The van der Waals surface area contributed by atoms with Crippen LogP contribution in [-0.2, 0) is 4.74 Å². The molecule has 96 valence electrons. The van der Waals surface area contributed by atoms with Crippen LogP contribution in [0.5, 0.6) is 0 Å². The first-order valence-electron chi connectivity index (χ1n) is 6.83. The minimum absolute atomic E-state index is 0.622. The molecule has 3 heteroatoms. The highest BCUT2D eigenvalue weighted by atomic mass is 16.5. The Morgan fingerprint density at radius 1 is 1.44 bits per heavy atom. The predicted molar refractivity (Wildman–Crippen MR) is 68.8 cm³/mol. The Balaban J connectivity index is 2.24. The molecular weight excluding hydrogens is 200 g/mol. The highest BCUT2D eigenvalue weighted by Gasteiger charge is 2.25. The molecule has 16 heavy (non-hydrogen) atoms. The molecule has 0 bridgehead atoms. The molecule has 0 amide bonds. The van der Waals surface area contributed by atoms with Gasteiger partial charge in [-0.15, -0.1) is 0 Å². The molecule has 0 aromatic rings. The van der Waals surface area contributed by atoms with E-state index < -0.39 is 0 Å². The summed E-state index contributed by atoms with van der Waals surface area (Å²) in [5.74, 6) is 0. The molecule has 0 radical (unpaired) electrons. The standard InChI is InChI=1S/C13H28N2O/c1-4-6-7-14-10-12(3)15-8-9-16-11-13(15)5-2/h12-14H,4-11H2,1-3H3. The van der Waals surface area contributed by atoms with Gasteiger partial charge in [-0.2, -0.15) is 0 Å². The van der Waals surface area contributed by atoms with Crippen LogP contribution < -0.4 is 5.32 Å². The molecule has 3 nitrogen and oxygen atoms in total. The molecule has 2 atom stereocenters. The minimum Gasteiger partial charge on any atom is -0.378 e. The summed E-state index contributed by atoms with van der Waals surface area (Å²) in [4.78, 5) is 2.60. The van der Waals surface area contributed by atoms with Crippen molar-refractivity contribution in [3.8, 4) is 0 Å². The lowest BCUT2D eigenvalue weighted by Crippen LogP contribution is -2.52. The van der Waals surface area contributed by atoms with E-state index in [2.05, 4.69) is 31.0 Å². The molecule has 1 aliphatic rings. The average Bonchev–Trinajstić information content (AvgIpc) is 2.34. The third-order valence-electron chi connectivity index (χ3n) is 3.46. The summed E-state index contributed by atoms with van der Waals surface area (Å²) in [5.41, 5.74) is 0. The van der Waals surface area contributed by atoms with Crippen molar-refractivity contribution >= 4 is 0 Å². The third kappa shape index (κ3) is 4.40. The first-order chi connectivity index (χ1) is 7.79. The smallest absolute Gasteiger partial charge is 0.0622 e. The first kappa shape index (κ1) is 13.9. The van der Waals surface area contributed by atoms with Crippen molar-refractivity contribution in [2.45, 2.75) is 52.1 Å². The van der Waals surface area contributed by atoms with E-state index in [0.717, 1.165) is 32.8 Å². The maximum absolute atomic E-state index is 5.53. The van der Waals surface area contributed by atoms with Gasteiger partial charge >= 0.3 is 0 Å². The molecule has 2 unspecified atom stereocenters. The second kappa shape index (κ2) is 8.04. The van der Waals surface area contributed by atoms with Crippen LogP contribution in [0, 0.1) is 0 Å². The van der Waals surface area contributed by atoms with E-state index in [4.69, 9.17) is 4.74 Å². The summed E-state index contributed by atoms with van der Waals surface area (Å²) >= 11 is 0. The minimum atomic E-state index is 0.622. The second-order valence-corrected chi connectivity index (χ2v) is 4.78. The van der Waals surface area contributed by atoms with Crippen molar-refractivity contribution in [2.24, 2.45) is 0 Å². The number of morpholine rings is 1. The van der Waals surface area contributed by atoms with E-state index in [0.29, 0.717) is 12.1 Å². The van der Waals surface area contributed by atoms with E-state index in [1.807, 2.05) is 0 Å². The van der Waals surface area contributed by atoms with Crippen molar-refractivity contribution in [3.05, 3.63) is 0 Å². The number of nitrogens with zero attached hydrogens (tertiary/aromatic N) is 1. The summed E-state index contributed by atoms with van der Waals surface area (Å²) < 4.78 is 5.53. The maximum atomic E-state index is 5.53. The molecule has 1 fully saturated rings. The Hall–Kier alpha value is -0.120. The van der Waals surface area contributed by atoms with Crippen LogP contribution in [0.1, 0.15) is 40.0 Å². The number of hydrogen-bond donors (Lipinski definition) is 1. The Morgan fingerprint density at radius 3 is 2.94 bits per heavy atom. The van der Waals surface area contributed by atoms with Gasteiger partial charge in [0.1, 0.15) is 0 Å². The predicted octanol–water partition coefficient (Wildman–Crippen LogP) is 1.88. The summed E-state index contributed by atoms with van der Waals surface area (Å²) in [6, 6.07) is 1.25. The van der Waals surface area contributed by atoms with Gasteiger partial charge in [0.05, 0.1) is 13.2 Å². The van der Waals surface area contributed by atoms with Gasteiger partial charge in [0.15, 0.2) is 0 Å². The first-order valence-corrected chi connectivity index (χ1v) is 6.83. The van der Waals surface area contributed by atoms with Crippen LogP contribution in [0.25, 0.3) is 0 Å². The number of ether oxygens (including phenoxy) is 1. The molecule has 0 aromatic carbocycles. The number of unbranched alkanes of at least 4 members (excludes halogenated alkanes) is 1. The van der Waals surface area contributed by atoms with Crippen LogP contribution in [0.4, 0.5) is 0 Å². The van der Waals surface area contributed by atoms with Gasteiger partial charge in [0, 0.05) is 25.2 Å². The Labute approximate surface area is 101 Å². The van der Waals surface area contributed by atoms with Crippen molar-refractivity contribution in [1.82, 2.24) is 10.2 Å². The van der Waals surface area contributed by atoms with Crippen LogP contribution >= 0.6 is 0 Å². The molecule has 1 N–H and O–H groups in total. The van der Waals surface area contributed by atoms with Gasteiger partial charge < -0.3 is 10.1 Å². The van der Waals surface area contributed by atoms with Gasteiger partial charge in [0.2, 0.25) is 0 Å². The SMILES string of the molecule is CCCCNCC(C)N1CCOCC1CC. The van der Waals surface area contributed by atoms with Crippen LogP contribution in [-0.4, -0.2) is 49.8 Å². The normalized spacial score (nSPS) is 24.6. The molecule has 0 aromatic heterocycles. The lowest BCUT2D eigenvalue weighted by atomic mass is 10.1. The van der Waals surface area contributed by atoms with Gasteiger partial charge in [-0.25, -0.2) is 0 Å². The lowest BCUT2D eigenvalue weighted by molar-refractivity contribution is -0.0262. The van der Waals surface area contributed by atoms with Crippen LogP contribution in [0.2, 0.25) is 0 Å². The van der Waals surface area contributed by atoms with E-state index in [1.54, 1.807) is 0 Å². The zero-order valence-corrected chi connectivity index (χ0v) is 11.2. The lowest BCUT2D eigenvalue weighted by Gasteiger charge is -2.39. The topological polar surface area (TPSA) is 24.5 Å². The summed E-state index contributed by atoms with van der Waals surface area (Å²) in [6.45, 7) is 12.0. The fourth-order valence-corrected chi connectivity index (χ4v) is 2.33. The number of nitrogens with one attached hydrogen (secondary N) is 1. The zero-order valence-electron chi connectivity index (χ0n) is 11.2. The molecule has 1 rings (SSSR count). The molecule has 1 aliphatic heterocycles. The van der Waals surface area contributed by atoms with E-state index in [9.17, 15) is 0 Å². The maximum Gasteiger partial charge on any atom is 0.0622 e. The molecule has 0 aliphatic carbocycles. The number of hydrogen-bond acceptors (Lipinski definition) is 3. The van der Waals surface area contributed by atoms with E-state index in [1.165, 1.54) is 19.3 Å². The summed E-state index contributed by atoms with van der Waals surface area (Å²) in [5, 5.41) is 3.55. The second-order valence-electron chi connectivity index (χ2n) is 4.78. The van der Waals surface area contributed by atoms with E-state index in [-0.39, 0.29) is 0 Å². The van der Waals surface area contributed by atoms with Crippen molar-refractivity contribution in [2.75, 3.05) is 32.8 Å². The Kier molecular flexibility index (Phi) is 7.01. The van der Waals surface area contributed by atoms with E-state index >= 15 is 0 Å². The van der Waals surface area contributed by atoms with Gasteiger partial charge in [-0.1, -0.05) is 20.3 Å². The molecule has 0 saturated carbocycles. The van der Waals surface area contributed by atoms with Crippen molar-refractivity contribution in [3.63, 3.8) is 0 Å². The molecule has 0 spiro atoms. The monoisotopic (exact) mass is 228 g/mol. The number of rotatable bonds is 7. The molecular formula is C13H28N2O. The van der Waals surface area contributed by atoms with Crippen LogP contribution in [0.3, 0.4) is 0 Å². The van der Waals surface area contributed by atoms with Gasteiger partial charge in [-0.3, -0.25) is 4.90 Å². The van der Waals surface area contributed by atoms with Gasteiger partial charge in [-0.05, 0) is 26.3 Å². The summed E-state index contributed by atoms with van der Waals surface area (Å²) in [7, 11) is 0. The van der Waals surface area contributed by atoms with Crippen molar-refractivity contribution < 1.29 is 4.74 Å².